The third-order valence-corrected chi connectivity index (χ3v) is 3.68. The highest BCUT2D eigenvalue weighted by Crippen LogP contribution is 2.28. The first-order valence-electron chi connectivity index (χ1n) is 6.31. The van der Waals surface area contributed by atoms with E-state index in [1.807, 2.05) is 0 Å². The maximum atomic E-state index is 4.57. The zero-order valence-electron chi connectivity index (χ0n) is 11.4. The van der Waals surface area contributed by atoms with E-state index in [1.165, 1.54) is 11.1 Å². The molecule has 1 aromatic carbocycles. The molecular formula is C15H20N2S. The second-order valence-electron chi connectivity index (χ2n) is 5.40. The van der Waals surface area contributed by atoms with Crippen molar-refractivity contribution < 1.29 is 0 Å². The highest BCUT2D eigenvalue weighted by Gasteiger charge is 2.13. The molecule has 18 heavy (non-hydrogen) atoms. The largest absolute Gasteiger partial charge is 0.362 e. The van der Waals surface area contributed by atoms with Gasteiger partial charge < -0.3 is 5.32 Å². The van der Waals surface area contributed by atoms with Gasteiger partial charge in [-0.2, -0.15) is 0 Å². The number of aromatic nitrogens is 1. The third-order valence-electron chi connectivity index (χ3n) is 2.88. The molecule has 2 nitrogen and oxygen atoms in total. The SMILES string of the molecule is CCNc1nc(-c2ccc(C(C)(C)C)cc2)cs1. The van der Waals surface area contributed by atoms with Crippen LogP contribution in [0.1, 0.15) is 33.3 Å². The Morgan fingerprint density at radius 3 is 2.39 bits per heavy atom. The van der Waals surface area contributed by atoms with Crippen LogP contribution in [0.15, 0.2) is 29.6 Å². The third kappa shape index (κ3) is 2.91. The lowest BCUT2D eigenvalue weighted by molar-refractivity contribution is 0.590. The van der Waals surface area contributed by atoms with E-state index in [1.54, 1.807) is 11.3 Å². The summed E-state index contributed by atoms with van der Waals surface area (Å²) < 4.78 is 0. The second-order valence-corrected chi connectivity index (χ2v) is 6.25. The lowest BCUT2D eigenvalue weighted by atomic mass is 9.86. The molecule has 0 bridgehead atoms. The normalized spacial score (nSPS) is 11.6. The summed E-state index contributed by atoms with van der Waals surface area (Å²) >= 11 is 1.66. The molecule has 0 radical (unpaired) electrons. The zero-order chi connectivity index (χ0) is 13.2. The van der Waals surface area contributed by atoms with Crippen LogP contribution in [-0.2, 0) is 5.41 Å². The molecule has 2 rings (SSSR count). The van der Waals surface area contributed by atoms with Gasteiger partial charge in [0.1, 0.15) is 0 Å². The van der Waals surface area contributed by atoms with Crippen LogP contribution >= 0.6 is 11.3 Å². The van der Waals surface area contributed by atoms with Crippen molar-refractivity contribution >= 4 is 16.5 Å². The van der Waals surface area contributed by atoms with Crippen LogP contribution in [0.5, 0.6) is 0 Å². The molecule has 0 aliphatic heterocycles. The van der Waals surface area contributed by atoms with Gasteiger partial charge in [-0.05, 0) is 17.9 Å². The average Bonchev–Trinajstić information content (AvgIpc) is 2.77. The van der Waals surface area contributed by atoms with E-state index in [0.29, 0.717) is 0 Å². The maximum absolute atomic E-state index is 4.57. The quantitative estimate of drug-likeness (QED) is 0.876. The van der Waals surface area contributed by atoms with Gasteiger partial charge >= 0.3 is 0 Å². The summed E-state index contributed by atoms with van der Waals surface area (Å²) in [5, 5.41) is 6.33. The van der Waals surface area contributed by atoms with Crippen LogP contribution in [0.3, 0.4) is 0 Å². The fourth-order valence-corrected chi connectivity index (χ4v) is 2.57. The monoisotopic (exact) mass is 260 g/mol. The molecule has 2 aromatic rings. The summed E-state index contributed by atoms with van der Waals surface area (Å²) in [7, 11) is 0. The number of thiazole rings is 1. The molecule has 0 saturated carbocycles. The number of anilines is 1. The molecule has 0 spiro atoms. The van der Waals surface area contributed by atoms with Gasteiger partial charge in [0.15, 0.2) is 5.13 Å². The van der Waals surface area contributed by atoms with Gasteiger partial charge in [-0.25, -0.2) is 4.98 Å². The Kier molecular flexibility index (Phi) is 3.71. The first kappa shape index (κ1) is 13.1. The van der Waals surface area contributed by atoms with Gasteiger partial charge in [0.2, 0.25) is 0 Å². The number of nitrogens with one attached hydrogen (secondary N) is 1. The molecule has 3 heteroatoms. The molecule has 1 aromatic heterocycles. The van der Waals surface area contributed by atoms with Gasteiger partial charge in [-0.3, -0.25) is 0 Å². The molecular weight excluding hydrogens is 240 g/mol. The summed E-state index contributed by atoms with van der Waals surface area (Å²) in [6.07, 6.45) is 0. The van der Waals surface area contributed by atoms with E-state index in [2.05, 4.69) is 67.6 Å². The van der Waals surface area contributed by atoms with Gasteiger partial charge in [-0.15, -0.1) is 11.3 Å². The summed E-state index contributed by atoms with van der Waals surface area (Å²) in [6.45, 7) is 9.69. The van der Waals surface area contributed by atoms with Crippen LogP contribution < -0.4 is 5.32 Å². The molecule has 0 unspecified atom stereocenters. The molecule has 0 amide bonds. The number of nitrogens with zero attached hydrogens (tertiary/aromatic N) is 1. The Balaban J connectivity index is 2.23. The zero-order valence-corrected chi connectivity index (χ0v) is 12.3. The van der Waals surface area contributed by atoms with Gasteiger partial charge in [0, 0.05) is 17.5 Å². The topological polar surface area (TPSA) is 24.9 Å². The number of rotatable bonds is 3. The van der Waals surface area contributed by atoms with Crippen molar-refractivity contribution in [2.45, 2.75) is 33.1 Å². The molecule has 1 heterocycles. The standard InChI is InChI=1S/C15H20N2S/c1-5-16-14-17-13(10-18-14)11-6-8-12(9-7-11)15(2,3)4/h6-10H,5H2,1-4H3,(H,16,17). The molecule has 0 fully saturated rings. The Labute approximate surface area is 113 Å². The van der Waals surface area contributed by atoms with Gasteiger partial charge in [0.25, 0.3) is 0 Å². The smallest absolute Gasteiger partial charge is 0.183 e. The lowest BCUT2D eigenvalue weighted by Gasteiger charge is -2.18. The minimum atomic E-state index is 0.204. The Morgan fingerprint density at radius 1 is 1.17 bits per heavy atom. The molecule has 0 aliphatic carbocycles. The maximum Gasteiger partial charge on any atom is 0.183 e. The van der Waals surface area contributed by atoms with Crippen molar-refractivity contribution in [1.82, 2.24) is 4.98 Å². The first-order chi connectivity index (χ1) is 8.50. The van der Waals surface area contributed by atoms with Crippen molar-refractivity contribution in [1.29, 1.82) is 0 Å². The highest BCUT2D eigenvalue weighted by atomic mass is 32.1. The molecule has 0 atom stereocenters. The van der Waals surface area contributed by atoms with Crippen molar-refractivity contribution in [2.75, 3.05) is 11.9 Å². The number of hydrogen-bond acceptors (Lipinski definition) is 3. The minimum absolute atomic E-state index is 0.204. The van der Waals surface area contributed by atoms with Gasteiger partial charge in [0.05, 0.1) is 5.69 Å². The van der Waals surface area contributed by atoms with E-state index in [0.717, 1.165) is 17.4 Å². The van der Waals surface area contributed by atoms with Crippen molar-refractivity contribution in [2.24, 2.45) is 0 Å². The van der Waals surface area contributed by atoms with Crippen molar-refractivity contribution in [3.8, 4) is 11.3 Å². The van der Waals surface area contributed by atoms with E-state index >= 15 is 0 Å². The van der Waals surface area contributed by atoms with Crippen LogP contribution in [0.25, 0.3) is 11.3 Å². The molecule has 0 aliphatic rings. The Morgan fingerprint density at radius 2 is 1.83 bits per heavy atom. The van der Waals surface area contributed by atoms with Crippen molar-refractivity contribution in [3.05, 3.63) is 35.2 Å². The Bertz CT molecular complexity index is 506. The van der Waals surface area contributed by atoms with Crippen molar-refractivity contribution in [3.63, 3.8) is 0 Å². The van der Waals surface area contributed by atoms with Crippen LogP contribution in [-0.4, -0.2) is 11.5 Å². The summed E-state index contributed by atoms with van der Waals surface area (Å²) in [5.41, 5.74) is 3.79. The summed E-state index contributed by atoms with van der Waals surface area (Å²) in [5.74, 6) is 0. The average molecular weight is 260 g/mol. The van der Waals surface area contributed by atoms with E-state index in [-0.39, 0.29) is 5.41 Å². The number of benzene rings is 1. The lowest BCUT2D eigenvalue weighted by Crippen LogP contribution is -2.10. The fourth-order valence-electron chi connectivity index (χ4n) is 1.78. The van der Waals surface area contributed by atoms with Crippen LogP contribution in [0.4, 0.5) is 5.13 Å². The van der Waals surface area contributed by atoms with Crippen LogP contribution in [0, 0.1) is 0 Å². The highest BCUT2D eigenvalue weighted by molar-refractivity contribution is 7.14. The minimum Gasteiger partial charge on any atom is -0.362 e. The predicted molar refractivity (Wildman–Crippen MR) is 80.4 cm³/mol. The summed E-state index contributed by atoms with van der Waals surface area (Å²) in [6, 6.07) is 8.71. The fraction of sp³-hybridized carbons (Fsp3) is 0.400. The summed E-state index contributed by atoms with van der Waals surface area (Å²) in [4.78, 5) is 4.57. The van der Waals surface area contributed by atoms with E-state index in [9.17, 15) is 0 Å². The Hall–Kier alpha value is -1.35. The first-order valence-corrected chi connectivity index (χ1v) is 7.19. The second kappa shape index (κ2) is 5.11. The van der Waals surface area contributed by atoms with Gasteiger partial charge in [-0.1, -0.05) is 45.0 Å². The molecule has 1 N–H and O–H groups in total. The molecule has 0 saturated heterocycles. The predicted octanol–water partition coefficient (Wildman–Crippen LogP) is 4.54. The van der Waals surface area contributed by atoms with Crippen LogP contribution in [0.2, 0.25) is 0 Å². The van der Waals surface area contributed by atoms with E-state index < -0.39 is 0 Å². The number of hydrogen-bond donors (Lipinski definition) is 1. The van der Waals surface area contributed by atoms with E-state index in [4.69, 9.17) is 0 Å². The molecule has 96 valence electrons.